The Kier molecular flexibility index (Phi) is 4.30. The molecule has 2 aromatic heterocycles. The average molecular weight is 358 g/mol. The van der Waals surface area contributed by atoms with Gasteiger partial charge < -0.3 is 4.57 Å². The summed E-state index contributed by atoms with van der Waals surface area (Å²) in [5, 5.41) is 0. The molecule has 0 saturated heterocycles. The molecule has 0 atom stereocenters. The van der Waals surface area contributed by atoms with Gasteiger partial charge in [-0.1, -0.05) is 54.6 Å². The van der Waals surface area contributed by atoms with Crippen molar-refractivity contribution in [2.75, 3.05) is 0 Å². The van der Waals surface area contributed by atoms with Crippen molar-refractivity contribution in [2.45, 2.75) is 13.1 Å². The molecule has 0 aliphatic heterocycles. The largest absolute Gasteiger partial charge is 0.337 e. The molecule has 27 heavy (non-hydrogen) atoms. The molecular weight excluding hydrogens is 340 g/mol. The zero-order valence-corrected chi connectivity index (χ0v) is 14.7. The molecule has 6 nitrogen and oxygen atoms in total. The van der Waals surface area contributed by atoms with E-state index in [1.54, 1.807) is 17.0 Å². The normalized spacial score (nSPS) is 11.0. The van der Waals surface area contributed by atoms with Crippen LogP contribution in [0.4, 0.5) is 0 Å². The summed E-state index contributed by atoms with van der Waals surface area (Å²) in [4.78, 5) is 30.7. The Bertz CT molecular complexity index is 1220. The standard InChI is InChI=1S/C21H18N4O2/c1-2-13-23-15-22-19-18(23)20(26)24(14-16-9-5-3-6-10-16)21(27)25(19)17-11-7-4-8-12-17/h2-12,15H,1,13-14H2. The fourth-order valence-electron chi connectivity index (χ4n) is 3.17. The summed E-state index contributed by atoms with van der Waals surface area (Å²) in [6.07, 6.45) is 3.26. The highest BCUT2D eigenvalue weighted by atomic mass is 16.2. The van der Waals surface area contributed by atoms with Gasteiger partial charge in [0.15, 0.2) is 11.2 Å². The lowest BCUT2D eigenvalue weighted by molar-refractivity contribution is 0.678. The van der Waals surface area contributed by atoms with Crippen LogP contribution in [-0.2, 0) is 13.1 Å². The van der Waals surface area contributed by atoms with Gasteiger partial charge in [0.25, 0.3) is 5.56 Å². The van der Waals surface area contributed by atoms with Crippen molar-refractivity contribution in [2.24, 2.45) is 0 Å². The molecule has 0 unspecified atom stereocenters. The summed E-state index contributed by atoms with van der Waals surface area (Å²) >= 11 is 0. The Morgan fingerprint density at radius 3 is 2.30 bits per heavy atom. The van der Waals surface area contributed by atoms with Gasteiger partial charge in [-0.05, 0) is 17.7 Å². The van der Waals surface area contributed by atoms with Gasteiger partial charge in [0.1, 0.15) is 0 Å². The lowest BCUT2D eigenvalue weighted by atomic mass is 10.2. The summed E-state index contributed by atoms with van der Waals surface area (Å²) in [5.74, 6) is 0. The zero-order valence-electron chi connectivity index (χ0n) is 14.7. The predicted molar refractivity (Wildman–Crippen MR) is 105 cm³/mol. The molecule has 2 aromatic carbocycles. The van der Waals surface area contributed by atoms with E-state index in [0.29, 0.717) is 23.4 Å². The minimum atomic E-state index is -0.411. The molecule has 0 N–H and O–H groups in total. The number of fused-ring (bicyclic) bond motifs is 1. The third-order valence-corrected chi connectivity index (χ3v) is 4.42. The van der Waals surface area contributed by atoms with Gasteiger partial charge in [-0.15, -0.1) is 6.58 Å². The van der Waals surface area contributed by atoms with E-state index in [1.165, 1.54) is 9.13 Å². The summed E-state index contributed by atoms with van der Waals surface area (Å²) in [6, 6.07) is 18.7. The second-order valence-electron chi connectivity index (χ2n) is 6.19. The summed E-state index contributed by atoms with van der Waals surface area (Å²) in [6.45, 7) is 4.36. The highest BCUT2D eigenvalue weighted by molar-refractivity contribution is 5.72. The van der Waals surface area contributed by atoms with Crippen LogP contribution in [0.15, 0.2) is 89.2 Å². The first-order chi connectivity index (χ1) is 13.2. The number of benzene rings is 2. The third-order valence-electron chi connectivity index (χ3n) is 4.42. The van der Waals surface area contributed by atoms with Crippen LogP contribution >= 0.6 is 0 Å². The molecule has 134 valence electrons. The second-order valence-corrected chi connectivity index (χ2v) is 6.19. The fraction of sp³-hybridized carbons (Fsp3) is 0.0952. The lowest BCUT2D eigenvalue weighted by Gasteiger charge is -2.12. The fourth-order valence-corrected chi connectivity index (χ4v) is 3.17. The molecule has 0 amide bonds. The van der Waals surface area contributed by atoms with E-state index < -0.39 is 5.69 Å². The number of aromatic nitrogens is 4. The molecule has 0 bridgehead atoms. The molecule has 6 heteroatoms. The Morgan fingerprint density at radius 1 is 0.963 bits per heavy atom. The number of allylic oxidation sites excluding steroid dienone is 1. The highest BCUT2D eigenvalue weighted by Gasteiger charge is 2.18. The van der Waals surface area contributed by atoms with Gasteiger partial charge in [-0.25, -0.2) is 14.3 Å². The molecule has 0 aliphatic carbocycles. The van der Waals surface area contributed by atoms with Crippen LogP contribution in [0.5, 0.6) is 0 Å². The molecule has 2 heterocycles. The smallest absolute Gasteiger partial charge is 0.321 e. The van der Waals surface area contributed by atoms with Gasteiger partial charge in [-0.2, -0.15) is 0 Å². The van der Waals surface area contributed by atoms with E-state index in [0.717, 1.165) is 5.56 Å². The van der Waals surface area contributed by atoms with Crippen LogP contribution in [0.1, 0.15) is 5.56 Å². The quantitative estimate of drug-likeness (QED) is 0.515. The minimum absolute atomic E-state index is 0.195. The van der Waals surface area contributed by atoms with Crippen molar-refractivity contribution in [1.82, 2.24) is 18.7 Å². The van der Waals surface area contributed by atoms with Crippen molar-refractivity contribution in [1.29, 1.82) is 0 Å². The number of para-hydroxylation sites is 1. The SMILES string of the molecule is C=CCn1cnc2c1c(=O)n(Cc1ccccc1)c(=O)n2-c1ccccc1. The number of nitrogens with zero attached hydrogens (tertiary/aromatic N) is 4. The van der Waals surface area contributed by atoms with Crippen molar-refractivity contribution in [3.63, 3.8) is 0 Å². The average Bonchev–Trinajstić information content (AvgIpc) is 3.11. The Balaban J connectivity index is 2.05. The monoisotopic (exact) mass is 358 g/mol. The van der Waals surface area contributed by atoms with Gasteiger partial charge in [0, 0.05) is 6.54 Å². The van der Waals surface area contributed by atoms with Crippen LogP contribution in [0, 0.1) is 0 Å². The van der Waals surface area contributed by atoms with Crippen LogP contribution in [0.3, 0.4) is 0 Å². The number of imidazole rings is 1. The first-order valence-corrected chi connectivity index (χ1v) is 8.61. The van der Waals surface area contributed by atoms with Crippen molar-refractivity contribution in [3.8, 4) is 5.69 Å². The number of hydrogen-bond acceptors (Lipinski definition) is 3. The maximum absolute atomic E-state index is 13.2. The number of rotatable bonds is 5. The van der Waals surface area contributed by atoms with Gasteiger partial charge in [0.2, 0.25) is 0 Å². The molecule has 0 spiro atoms. The first-order valence-electron chi connectivity index (χ1n) is 8.61. The van der Waals surface area contributed by atoms with Crippen molar-refractivity contribution in [3.05, 3.63) is 106 Å². The van der Waals surface area contributed by atoms with Crippen LogP contribution in [0.2, 0.25) is 0 Å². The Hall–Kier alpha value is -3.67. The summed E-state index contributed by atoms with van der Waals surface area (Å²) < 4.78 is 4.45. The van der Waals surface area contributed by atoms with Crippen LogP contribution in [0.25, 0.3) is 16.9 Å². The van der Waals surface area contributed by atoms with E-state index in [-0.39, 0.29) is 12.1 Å². The van der Waals surface area contributed by atoms with Crippen molar-refractivity contribution < 1.29 is 0 Å². The van der Waals surface area contributed by atoms with E-state index in [2.05, 4.69) is 11.6 Å². The zero-order chi connectivity index (χ0) is 18.8. The van der Waals surface area contributed by atoms with Gasteiger partial charge in [-0.3, -0.25) is 9.36 Å². The Morgan fingerprint density at radius 2 is 1.63 bits per heavy atom. The van der Waals surface area contributed by atoms with E-state index >= 15 is 0 Å². The molecular formula is C21H18N4O2. The highest BCUT2D eigenvalue weighted by Crippen LogP contribution is 2.13. The topological polar surface area (TPSA) is 61.8 Å². The predicted octanol–water partition coefficient (Wildman–Crippen LogP) is 2.58. The molecule has 0 fully saturated rings. The summed E-state index contributed by atoms with van der Waals surface area (Å²) in [5.41, 5.74) is 1.51. The van der Waals surface area contributed by atoms with Crippen LogP contribution in [-0.4, -0.2) is 18.7 Å². The van der Waals surface area contributed by atoms with Crippen molar-refractivity contribution >= 4 is 11.2 Å². The molecule has 0 saturated carbocycles. The van der Waals surface area contributed by atoms with Gasteiger partial charge in [0.05, 0.1) is 18.6 Å². The molecule has 4 aromatic rings. The summed E-state index contributed by atoms with van der Waals surface area (Å²) in [7, 11) is 0. The maximum Gasteiger partial charge on any atom is 0.337 e. The van der Waals surface area contributed by atoms with E-state index in [1.807, 2.05) is 60.7 Å². The van der Waals surface area contributed by atoms with E-state index in [9.17, 15) is 9.59 Å². The Labute approximate surface area is 155 Å². The second kappa shape index (κ2) is 6.92. The van der Waals surface area contributed by atoms with Crippen LogP contribution < -0.4 is 11.2 Å². The third kappa shape index (κ3) is 2.91. The number of hydrogen-bond donors (Lipinski definition) is 0. The minimum Gasteiger partial charge on any atom is -0.321 e. The molecule has 4 rings (SSSR count). The lowest BCUT2D eigenvalue weighted by Crippen LogP contribution is -2.40. The molecule has 0 aliphatic rings. The first kappa shape index (κ1) is 16.8. The maximum atomic E-state index is 13.2. The van der Waals surface area contributed by atoms with Gasteiger partial charge >= 0.3 is 5.69 Å². The van der Waals surface area contributed by atoms with E-state index in [4.69, 9.17) is 0 Å². The molecule has 0 radical (unpaired) electrons.